The molecule has 4 aromatic carbocycles. The van der Waals surface area contributed by atoms with Crippen LogP contribution in [-0.2, 0) is 0 Å². The zero-order valence-electron chi connectivity index (χ0n) is 18.0. The van der Waals surface area contributed by atoms with E-state index in [2.05, 4.69) is 121 Å². The van der Waals surface area contributed by atoms with E-state index in [0.717, 1.165) is 0 Å². The molecule has 0 spiro atoms. The number of aromatic nitrogens is 1. The van der Waals surface area contributed by atoms with E-state index in [0.29, 0.717) is 0 Å². The molecular formula is C31H23N. The van der Waals surface area contributed by atoms with Crippen LogP contribution in [0.15, 0.2) is 109 Å². The summed E-state index contributed by atoms with van der Waals surface area (Å²) in [4.78, 5) is 0. The van der Waals surface area contributed by atoms with E-state index in [1.165, 1.54) is 55.1 Å². The predicted octanol–water partition coefficient (Wildman–Crippen LogP) is 7.83. The van der Waals surface area contributed by atoms with Crippen molar-refractivity contribution in [3.63, 3.8) is 0 Å². The van der Waals surface area contributed by atoms with Gasteiger partial charge in [0.05, 0.1) is 11.0 Å². The largest absolute Gasteiger partial charge is 0.312 e. The smallest absolute Gasteiger partial charge is 0.0576 e. The van der Waals surface area contributed by atoms with Crippen LogP contribution in [0.2, 0.25) is 0 Å². The molecule has 1 aliphatic heterocycles. The van der Waals surface area contributed by atoms with Gasteiger partial charge in [0.25, 0.3) is 0 Å². The van der Waals surface area contributed by atoms with Crippen LogP contribution >= 0.6 is 0 Å². The average Bonchev–Trinajstić information content (AvgIpc) is 3.21. The van der Waals surface area contributed by atoms with Gasteiger partial charge in [0.15, 0.2) is 0 Å². The molecule has 0 N–H and O–H groups in total. The van der Waals surface area contributed by atoms with Gasteiger partial charge in [-0.15, -0.1) is 0 Å². The summed E-state index contributed by atoms with van der Waals surface area (Å²) in [5, 5.41) is 4.01. The topological polar surface area (TPSA) is 4.41 Å². The Morgan fingerprint density at radius 2 is 1.16 bits per heavy atom. The number of para-hydroxylation sites is 1. The number of pyridine rings is 1. The molecule has 152 valence electrons. The van der Waals surface area contributed by atoms with Crippen molar-refractivity contribution in [3.8, 4) is 0 Å². The minimum Gasteiger partial charge on any atom is -0.312 e. The molecule has 1 heteroatoms. The Morgan fingerprint density at radius 3 is 1.88 bits per heavy atom. The molecule has 2 unspecified atom stereocenters. The second-order valence-corrected chi connectivity index (χ2v) is 9.00. The SMILES string of the molecule is Cc1cc2c3ccccc3c3cccc4c3n2c1C(c1ccccc1)C4c1ccccc1. The summed E-state index contributed by atoms with van der Waals surface area (Å²) in [5.74, 6) is 0.535. The fraction of sp³-hybridized carbons (Fsp3) is 0.0968. The standard InChI is InChI=1S/C31H23N/c1-20-19-27-24-16-9-8-15-23(24)25-17-10-18-26-28(21-11-4-2-5-12-21)29(22-13-6-3-7-14-22)30(20)32(27)31(25)26/h2-19,28-29H,1H3. The van der Waals surface area contributed by atoms with E-state index in [1.54, 1.807) is 0 Å². The van der Waals surface area contributed by atoms with Gasteiger partial charge in [0.2, 0.25) is 0 Å². The first-order valence-electron chi connectivity index (χ1n) is 11.4. The molecule has 32 heavy (non-hydrogen) atoms. The highest BCUT2D eigenvalue weighted by Gasteiger charge is 2.37. The molecule has 1 aliphatic rings. The summed E-state index contributed by atoms with van der Waals surface area (Å²) in [6.07, 6.45) is 0. The van der Waals surface area contributed by atoms with Crippen LogP contribution in [0.4, 0.5) is 0 Å². The van der Waals surface area contributed by atoms with Gasteiger partial charge >= 0.3 is 0 Å². The van der Waals surface area contributed by atoms with Crippen molar-refractivity contribution in [1.29, 1.82) is 0 Å². The molecule has 0 radical (unpaired) electrons. The molecule has 0 fully saturated rings. The van der Waals surface area contributed by atoms with Crippen molar-refractivity contribution in [3.05, 3.63) is 137 Å². The van der Waals surface area contributed by atoms with Gasteiger partial charge in [-0.3, -0.25) is 0 Å². The van der Waals surface area contributed by atoms with Crippen LogP contribution in [0.5, 0.6) is 0 Å². The summed E-state index contributed by atoms with van der Waals surface area (Å²) < 4.78 is 2.57. The Morgan fingerprint density at radius 1 is 0.562 bits per heavy atom. The maximum Gasteiger partial charge on any atom is 0.0576 e. The van der Waals surface area contributed by atoms with Crippen molar-refractivity contribution in [2.75, 3.05) is 0 Å². The summed E-state index contributed by atoms with van der Waals surface area (Å²) in [7, 11) is 0. The number of hydrogen-bond donors (Lipinski definition) is 0. The molecule has 6 aromatic rings. The quantitative estimate of drug-likeness (QED) is 0.257. The molecule has 7 rings (SSSR count). The normalized spacial score (nSPS) is 17.5. The predicted molar refractivity (Wildman–Crippen MR) is 134 cm³/mol. The molecule has 1 nitrogen and oxygen atoms in total. The zero-order valence-corrected chi connectivity index (χ0v) is 18.0. The number of rotatable bonds is 2. The van der Waals surface area contributed by atoms with Crippen molar-refractivity contribution in [1.82, 2.24) is 4.40 Å². The van der Waals surface area contributed by atoms with Crippen molar-refractivity contribution in [2.45, 2.75) is 18.8 Å². The van der Waals surface area contributed by atoms with Crippen LogP contribution in [0.1, 0.15) is 39.8 Å². The maximum atomic E-state index is 2.57. The van der Waals surface area contributed by atoms with Crippen LogP contribution in [0, 0.1) is 6.92 Å². The van der Waals surface area contributed by atoms with E-state index >= 15 is 0 Å². The maximum absolute atomic E-state index is 2.57. The number of aryl methyl sites for hydroxylation is 1. The lowest BCUT2D eigenvalue weighted by Gasteiger charge is -2.35. The third-order valence-electron chi connectivity index (χ3n) is 7.30. The van der Waals surface area contributed by atoms with E-state index in [9.17, 15) is 0 Å². The van der Waals surface area contributed by atoms with Crippen molar-refractivity contribution >= 4 is 27.2 Å². The number of fused-ring (bicyclic) bond motifs is 3. The molecule has 0 bridgehead atoms. The Balaban J connectivity index is 1.72. The van der Waals surface area contributed by atoms with E-state index < -0.39 is 0 Å². The summed E-state index contributed by atoms with van der Waals surface area (Å²) >= 11 is 0. The van der Waals surface area contributed by atoms with Gasteiger partial charge in [0, 0.05) is 28.3 Å². The molecule has 3 heterocycles. The third kappa shape index (κ3) is 2.28. The molecule has 2 aromatic heterocycles. The Hall–Kier alpha value is -3.84. The highest BCUT2D eigenvalue weighted by atomic mass is 14.9. The van der Waals surface area contributed by atoms with E-state index in [-0.39, 0.29) is 11.8 Å². The lowest BCUT2D eigenvalue weighted by Crippen LogP contribution is -2.22. The molecule has 0 saturated heterocycles. The highest BCUT2D eigenvalue weighted by Crippen LogP contribution is 2.51. The van der Waals surface area contributed by atoms with Crippen LogP contribution < -0.4 is 0 Å². The average molecular weight is 410 g/mol. The Labute approximate surface area is 187 Å². The number of hydrogen-bond acceptors (Lipinski definition) is 0. The summed E-state index contributed by atoms with van der Waals surface area (Å²) in [6, 6.07) is 40.3. The van der Waals surface area contributed by atoms with Gasteiger partial charge in [-0.2, -0.15) is 0 Å². The molecule has 0 amide bonds. The molecule has 2 atom stereocenters. The molecular weight excluding hydrogens is 386 g/mol. The second kappa shape index (κ2) is 6.58. The minimum absolute atomic E-state index is 0.264. The number of benzene rings is 4. The summed E-state index contributed by atoms with van der Waals surface area (Å²) in [6.45, 7) is 2.29. The van der Waals surface area contributed by atoms with E-state index in [1.807, 2.05) is 0 Å². The first-order chi connectivity index (χ1) is 15.8. The Kier molecular flexibility index (Phi) is 3.66. The first-order valence-corrected chi connectivity index (χ1v) is 11.4. The lowest BCUT2D eigenvalue weighted by molar-refractivity contribution is 0.653. The first kappa shape index (κ1) is 17.8. The van der Waals surface area contributed by atoms with Gasteiger partial charge in [-0.1, -0.05) is 103 Å². The van der Waals surface area contributed by atoms with Gasteiger partial charge in [0.1, 0.15) is 0 Å². The fourth-order valence-electron chi connectivity index (χ4n) is 6.07. The molecule has 0 saturated carbocycles. The van der Waals surface area contributed by atoms with Gasteiger partial charge in [-0.25, -0.2) is 0 Å². The third-order valence-corrected chi connectivity index (χ3v) is 7.30. The molecule has 0 aliphatic carbocycles. The lowest BCUT2D eigenvalue weighted by atomic mass is 9.72. The van der Waals surface area contributed by atoms with Gasteiger partial charge in [-0.05, 0) is 40.6 Å². The Bertz CT molecular complexity index is 1620. The van der Waals surface area contributed by atoms with Crippen molar-refractivity contribution in [2.24, 2.45) is 0 Å². The monoisotopic (exact) mass is 409 g/mol. The minimum atomic E-state index is 0.264. The van der Waals surface area contributed by atoms with Crippen LogP contribution in [0.25, 0.3) is 27.2 Å². The van der Waals surface area contributed by atoms with Crippen LogP contribution in [0.3, 0.4) is 0 Å². The van der Waals surface area contributed by atoms with Crippen molar-refractivity contribution < 1.29 is 0 Å². The van der Waals surface area contributed by atoms with Crippen LogP contribution in [-0.4, -0.2) is 4.40 Å². The second-order valence-electron chi connectivity index (χ2n) is 9.00. The highest BCUT2D eigenvalue weighted by molar-refractivity contribution is 6.14. The summed E-state index contributed by atoms with van der Waals surface area (Å²) in [5.41, 5.74) is 9.65. The number of nitrogens with zero attached hydrogens (tertiary/aromatic N) is 1. The van der Waals surface area contributed by atoms with E-state index in [4.69, 9.17) is 0 Å². The zero-order chi connectivity index (χ0) is 21.2. The fourth-order valence-corrected chi connectivity index (χ4v) is 6.07. The van der Waals surface area contributed by atoms with Gasteiger partial charge < -0.3 is 4.40 Å².